The molecule has 5 nitrogen and oxygen atoms in total. The van der Waals surface area contributed by atoms with Crippen molar-refractivity contribution < 1.29 is 19.1 Å². The molecule has 158 valence electrons. The highest BCUT2D eigenvalue weighted by atomic mass is 35.5. The van der Waals surface area contributed by atoms with Crippen molar-refractivity contribution in [1.82, 2.24) is 4.90 Å². The highest BCUT2D eigenvalue weighted by Crippen LogP contribution is 2.40. The Morgan fingerprint density at radius 3 is 2.27 bits per heavy atom. The summed E-state index contributed by atoms with van der Waals surface area (Å²) < 4.78 is 10.8. The van der Waals surface area contributed by atoms with Crippen LogP contribution in [0.1, 0.15) is 25.8 Å². The molecule has 1 aliphatic rings. The van der Waals surface area contributed by atoms with Gasteiger partial charge in [-0.3, -0.25) is 14.5 Å². The molecule has 0 unspecified atom stereocenters. The van der Waals surface area contributed by atoms with Crippen LogP contribution in [0, 0.1) is 0 Å². The van der Waals surface area contributed by atoms with E-state index in [1.165, 1.54) is 16.7 Å². The summed E-state index contributed by atoms with van der Waals surface area (Å²) in [6.45, 7) is 5.82. The Morgan fingerprint density at radius 1 is 0.933 bits per heavy atom. The van der Waals surface area contributed by atoms with Crippen molar-refractivity contribution in [3.63, 3.8) is 0 Å². The lowest BCUT2D eigenvalue weighted by molar-refractivity contribution is -0.136. The van der Waals surface area contributed by atoms with Gasteiger partial charge in [-0.15, -0.1) is 0 Å². The lowest BCUT2D eigenvalue weighted by Gasteiger charge is -2.15. The number of thioether (sulfide) groups is 1. The molecule has 2 aromatic carbocycles. The molecule has 0 bridgehead atoms. The number of hydrogen-bond donors (Lipinski definition) is 0. The highest BCUT2D eigenvalue weighted by Gasteiger charge is 2.39. The van der Waals surface area contributed by atoms with E-state index >= 15 is 0 Å². The molecule has 3 rings (SSSR count). The minimum Gasteiger partial charge on any atom is -0.494 e. The molecule has 2 aromatic rings. The normalized spacial score (nSPS) is 14.0. The second-order valence-corrected chi connectivity index (χ2v) is 8.05. The minimum absolute atomic E-state index is 0.277. The van der Waals surface area contributed by atoms with Gasteiger partial charge in [-0.2, -0.15) is 0 Å². The molecule has 1 heterocycles. The van der Waals surface area contributed by atoms with Crippen LogP contribution < -0.4 is 4.74 Å². The number of nitrogens with zero attached hydrogens (tertiary/aromatic N) is 1. The SMILES string of the molecule is CCOCCCN1C(=O)C(Sc2ccc(Cl)cc2)=C(c2ccc(OCC)cc2)C1=O. The summed E-state index contributed by atoms with van der Waals surface area (Å²) in [5.74, 6) is 0.163. The van der Waals surface area contributed by atoms with Gasteiger partial charge in [-0.05, 0) is 62.2 Å². The van der Waals surface area contributed by atoms with Crippen LogP contribution in [0.4, 0.5) is 0 Å². The van der Waals surface area contributed by atoms with Gasteiger partial charge in [0.25, 0.3) is 11.8 Å². The first-order valence-electron chi connectivity index (χ1n) is 9.90. The smallest absolute Gasteiger partial charge is 0.268 e. The fourth-order valence-electron chi connectivity index (χ4n) is 3.08. The number of carbonyl (C=O) groups is 2. The van der Waals surface area contributed by atoms with Gasteiger partial charge in [0.1, 0.15) is 5.75 Å². The predicted octanol–water partition coefficient (Wildman–Crippen LogP) is 5.04. The molecule has 1 aliphatic heterocycles. The Labute approximate surface area is 186 Å². The maximum atomic E-state index is 13.2. The van der Waals surface area contributed by atoms with Gasteiger partial charge in [-0.1, -0.05) is 35.5 Å². The van der Waals surface area contributed by atoms with Crippen LogP contribution in [0.15, 0.2) is 58.3 Å². The van der Waals surface area contributed by atoms with E-state index in [-0.39, 0.29) is 11.8 Å². The summed E-state index contributed by atoms with van der Waals surface area (Å²) in [5.41, 5.74) is 1.11. The number of benzene rings is 2. The van der Waals surface area contributed by atoms with E-state index in [9.17, 15) is 9.59 Å². The fourth-order valence-corrected chi connectivity index (χ4v) is 4.22. The summed E-state index contributed by atoms with van der Waals surface area (Å²) in [4.78, 5) is 28.9. The summed E-state index contributed by atoms with van der Waals surface area (Å²) in [6, 6.07) is 14.5. The first kappa shape index (κ1) is 22.4. The van der Waals surface area contributed by atoms with Crippen molar-refractivity contribution in [1.29, 1.82) is 0 Å². The second kappa shape index (κ2) is 10.7. The molecule has 7 heteroatoms. The van der Waals surface area contributed by atoms with E-state index in [2.05, 4.69) is 0 Å². The Hall–Kier alpha value is -2.28. The third-order valence-corrected chi connectivity index (χ3v) is 5.83. The van der Waals surface area contributed by atoms with Crippen LogP contribution in [0.25, 0.3) is 5.57 Å². The van der Waals surface area contributed by atoms with Crippen LogP contribution in [-0.2, 0) is 14.3 Å². The molecular weight excluding hydrogens is 422 g/mol. The van der Waals surface area contributed by atoms with Crippen LogP contribution in [0.2, 0.25) is 5.02 Å². The van der Waals surface area contributed by atoms with Gasteiger partial charge in [0.05, 0.1) is 17.1 Å². The topological polar surface area (TPSA) is 55.8 Å². The van der Waals surface area contributed by atoms with Crippen LogP contribution in [0.5, 0.6) is 5.75 Å². The number of halogens is 1. The third-order valence-electron chi connectivity index (χ3n) is 4.49. The average Bonchev–Trinajstić information content (AvgIpc) is 2.97. The van der Waals surface area contributed by atoms with Crippen LogP contribution in [-0.4, -0.2) is 43.1 Å². The average molecular weight is 446 g/mol. The maximum Gasteiger partial charge on any atom is 0.268 e. The number of imide groups is 1. The zero-order valence-electron chi connectivity index (χ0n) is 17.0. The molecule has 0 saturated heterocycles. The Bertz CT molecular complexity index is 925. The standard InChI is InChI=1S/C23H24ClNO4S/c1-3-28-15-5-14-25-22(26)20(16-6-10-18(11-7-16)29-4-2)21(23(25)27)30-19-12-8-17(24)9-13-19/h6-13H,3-5,14-15H2,1-2H3. The molecular formula is C23H24ClNO4S. The van der Waals surface area contributed by atoms with E-state index in [4.69, 9.17) is 21.1 Å². The van der Waals surface area contributed by atoms with Crippen molar-refractivity contribution in [3.05, 3.63) is 64.0 Å². The first-order chi connectivity index (χ1) is 14.5. The van der Waals surface area contributed by atoms with Crippen molar-refractivity contribution in [2.75, 3.05) is 26.4 Å². The lowest BCUT2D eigenvalue weighted by Crippen LogP contribution is -2.33. The van der Waals surface area contributed by atoms with E-state index in [1.807, 2.05) is 50.2 Å². The van der Waals surface area contributed by atoms with Crippen molar-refractivity contribution in [2.45, 2.75) is 25.2 Å². The largest absolute Gasteiger partial charge is 0.494 e. The van der Waals surface area contributed by atoms with Gasteiger partial charge in [0.2, 0.25) is 0 Å². The summed E-state index contributed by atoms with van der Waals surface area (Å²) >= 11 is 7.26. The Kier molecular flexibility index (Phi) is 7.96. The highest BCUT2D eigenvalue weighted by molar-refractivity contribution is 8.04. The van der Waals surface area contributed by atoms with E-state index < -0.39 is 0 Å². The minimum atomic E-state index is -0.280. The van der Waals surface area contributed by atoms with E-state index in [0.29, 0.717) is 53.9 Å². The number of rotatable bonds is 10. The van der Waals surface area contributed by atoms with Gasteiger partial charge >= 0.3 is 0 Å². The predicted molar refractivity (Wildman–Crippen MR) is 120 cm³/mol. The molecule has 0 saturated carbocycles. The molecule has 0 N–H and O–H groups in total. The fraction of sp³-hybridized carbons (Fsp3) is 0.304. The molecule has 0 spiro atoms. The molecule has 0 fully saturated rings. The molecule has 0 radical (unpaired) electrons. The van der Waals surface area contributed by atoms with Crippen molar-refractivity contribution >= 4 is 40.8 Å². The quantitative estimate of drug-likeness (QED) is 0.379. The van der Waals surface area contributed by atoms with E-state index in [1.54, 1.807) is 12.1 Å². The molecule has 2 amide bonds. The van der Waals surface area contributed by atoms with Crippen LogP contribution in [0.3, 0.4) is 0 Å². The number of hydrogen-bond acceptors (Lipinski definition) is 5. The van der Waals surface area contributed by atoms with Gasteiger partial charge < -0.3 is 9.47 Å². The number of ether oxygens (including phenoxy) is 2. The number of amides is 2. The molecule has 0 atom stereocenters. The maximum absolute atomic E-state index is 13.2. The zero-order valence-corrected chi connectivity index (χ0v) is 18.6. The Balaban J connectivity index is 1.91. The van der Waals surface area contributed by atoms with Gasteiger partial charge in [0.15, 0.2) is 0 Å². The van der Waals surface area contributed by atoms with Crippen molar-refractivity contribution in [2.24, 2.45) is 0 Å². The number of carbonyl (C=O) groups excluding carboxylic acids is 2. The third kappa shape index (κ3) is 5.25. The van der Waals surface area contributed by atoms with Gasteiger partial charge in [-0.25, -0.2) is 0 Å². The summed E-state index contributed by atoms with van der Waals surface area (Å²) in [7, 11) is 0. The molecule has 0 aromatic heterocycles. The monoisotopic (exact) mass is 445 g/mol. The van der Waals surface area contributed by atoms with Gasteiger partial charge in [0, 0.05) is 29.7 Å². The second-order valence-electron chi connectivity index (χ2n) is 6.53. The molecule has 0 aliphatic carbocycles. The Morgan fingerprint density at radius 2 is 1.63 bits per heavy atom. The molecule has 30 heavy (non-hydrogen) atoms. The lowest BCUT2D eigenvalue weighted by atomic mass is 10.1. The van der Waals surface area contributed by atoms with E-state index in [0.717, 1.165) is 10.6 Å². The summed E-state index contributed by atoms with van der Waals surface area (Å²) in [6.07, 6.45) is 0.598. The summed E-state index contributed by atoms with van der Waals surface area (Å²) in [5, 5.41) is 0.617. The first-order valence-corrected chi connectivity index (χ1v) is 11.1. The zero-order chi connectivity index (χ0) is 21.5. The van der Waals surface area contributed by atoms with Crippen molar-refractivity contribution in [3.8, 4) is 5.75 Å². The van der Waals surface area contributed by atoms with Crippen LogP contribution >= 0.6 is 23.4 Å².